The van der Waals surface area contributed by atoms with E-state index in [-0.39, 0.29) is 11.7 Å². The fourth-order valence-corrected chi connectivity index (χ4v) is 3.90. The van der Waals surface area contributed by atoms with Crippen molar-refractivity contribution in [3.8, 4) is 11.3 Å². The maximum atomic E-state index is 13.4. The van der Waals surface area contributed by atoms with Crippen molar-refractivity contribution in [2.75, 3.05) is 5.32 Å². The van der Waals surface area contributed by atoms with E-state index in [1.807, 2.05) is 48.8 Å². The largest absolute Gasteiger partial charge is 0.350 e. The van der Waals surface area contributed by atoms with Gasteiger partial charge in [0, 0.05) is 36.6 Å². The molecule has 0 fully saturated rings. The zero-order chi connectivity index (χ0) is 19.6. The molecule has 5 heteroatoms. The van der Waals surface area contributed by atoms with E-state index in [9.17, 15) is 4.39 Å². The summed E-state index contributed by atoms with van der Waals surface area (Å²) in [4.78, 5) is 13.5. The summed E-state index contributed by atoms with van der Waals surface area (Å²) in [5.41, 5.74) is 6.56. The second-order valence-corrected chi connectivity index (χ2v) is 7.18. The van der Waals surface area contributed by atoms with Crippen LogP contribution in [0.25, 0.3) is 11.3 Å². The summed E-state index contributed by atoms with van der Waals surface area (Å²) in [7, 11) is 0. The third-order valence-electron chi connectivity index (χ3n) is 5.33. The van der Waals surface area contributed by atoms with Gasteiger partial charge < -0.3 is 5.32 Å². The number of rotatable bonds is 4. The average molecular weight is 382 g/mol. The minimum atomic E-state index is -0.217. The molecule has 0 bridgehead atoms. The summed E-state index contributed by atoms with van der Waals surface area (Å²) in [6.45, 7) is 0.618. The molecule has 5 rings (SSSR count). The summed E-state index contributed by atoms with van der Waals surface area (Å²) < 4.78 is 13.4. The Morgan fingerprint density at radius 3 is 2.66 bits per heavy atom. The summed E-state index contributed by atoms with van der Waals surface area (Å²) >= 11 is 0. The molecule has 4 aromatic rings. The first-order valence-electron chi connectivity index (χ1n) is 9.61. The Morgan fingerprint density at radius 1 is 0.966 bits per heavy atom. The molecule has 0 spiro atoms. The first-order valence-corrected chi connectivity index (χ1v) is 9.61. The molecule has 0 amide bonds. The van der Waals surface area contributed by atoms with E-state index >= 15 is 0 Å². The van der Waals surface area contributed by atoms with Crippen molar-refractivity contribution in [2.24, 2.45) is 0 Å². The molecular weight excluding hydrogens is 363 g/mol. The summed E-state index contributed by atoms with van der Waals surface area (Å²) in [5.74, 6) is 0.547. The lowest BCUT2D eigenvalue weighted by Gasteiger charge is -2.27. The Morgan fingerprint density at radius 2 is 1.83 bits per heavy atom. The van der Waals surface area contributed by atoms with Crippen LogP contribution in [0.4, 0.5) is 10.3 Å². The number of anilines is 1. The van der Waals surface area contributed by atoms with Gasteiger partial charge in [-0.3, -0.25) is 4.98 Å². The monoisotopic (exact) mass is 382 g/mol. The molecule has 142 valence electrons. The first-order chi connectivity index (χ1) is 14.3. The fourth-order valence-electron chi connectivity index (χ4n) is 3.90. The number of halogens is 1. The summed E-state index contributed by atoms with van der Waals surface area (Å²) in [6, 6.07) is 19.0. The van der Waals surface area contributed by atoms with Gasteiger partial charge >= 0.3 is 0 Å². The second-order valence-electron chi connectivity index (χ2n) is 7.18. The van der Waals surface area contributed by atoms with Crippen molar-refractivity contribution in [1.82, 2.24) is 15.0 Å². The Kier molecular flexibility index (Phi) is 4.48. The van der Waals surface area contributed by atoms with Gasteiger partial charge in [0.2, 0.25) is 5.95 Å². The van der Waals surface area contributed by atoms with Gasteiger partial charge in [0.1, 0.15) is 5.82 Å². The highest BCUT2D eigenvalue weighted by atomic mass is 19.1. The Balaban J connectivity index is 1.48. The van der Waals surface area contributed by atoms with E-state index in [0.717, 1.165) is 34.4 Å². The number of benzene rings is 2. The van der Waals surface area contributed by atoms with Crippen LogP contribution in [-0.4, -0.2) is 15.0 Å². The van der Waals surface area contributed by atoms with E-state index in [1.165, 1.54) is 17.7 Å². The molecule has 4 nitrogen and oxygen atoms in total. The highest BCUT2D eigenvalue weighted by Crippen LogP contribution is 2.41. The van der Waals surface area contributed by atoms with E-state index in [4.69, 9.17) is 4.98 Å². The molecule has 1 atom stereocenters. The number of fused-ring (bicyclic) bond motifs is 3. The molecule has 0 aliphatic heterocycles. The zero-order valence-electron chi connectivity index (χ0n) is 15.7. The molecule has 2 heterocycles. The van der Waals surface area contributed by atoms with Gasteiger partial charge in [-0.2, -0.15) is 0 Å². The van der Waals surface area contributed by atoms with Gasteiger partial charge in [-0.25, -0.2) is 14.4 Å². The molecule has 2 aromatic heterocycles. The minimum absolute atomic E-state index is 0.164. The standard InChI is InChI=1S/C24H19FN4/c25-19-9-7-17(8-10-19)22-12-18-15-28-24(27-14-16-4-3-11-26-13-16)29-23(18)21-6-2-1-5-20(21)22/h1-11,13,15,22H,12,14H2,(H,27,28,29). The molecule has 0 saturated carbocycles. The summed E-state index contributed by atoms with van der Waals surface area (Å²) in [6.07, 6.45) is 6.28. The normalized spacial score (nSPS) is 14.7. The van der Waals surface area contributed by atoms with Crippen molar-refractivity contribution in [1.29, 1.82) is 0 Å². The molecule has 1 aliphatic carbocycles. The third-order valence-corrected chi connectivity index (χ3v) is 5.33. The first kappa shape index (κ1) is 17.5. The number of nitrogens with zero attached hydrogens (tertiary/aromatic N) is 3. The predicted octanol–water partition coefficient (Wildman–Crippen LogP) is 4.98. The molecule has 1 unspecified atom stereocenters. The van der Waals surface area contributed by atoms with Crippen LogP contribution >= 0.6 is 0 Å². The van der Waals surface area contributed by atoms with Crippen LogP contribution in [0.2, 0.25) is 0 Å². The fraction of sp³-hybridized carbons (Fsp3) is 0.125. The Bertz CT molecular complexity index is 1140. The van der Waals surface area contributed by atoms with Gasteiger partial charge in [0.25, 0.3) is 0 Å². The molecular formula is C24H19FN4. The van der Waals surface area contributed by atoms with Gasteiger partial charge in [-0.15, -0.1) is 0 Å². The smallest absolute Gasteiger partial charge is 0.223 e. The van der Waals surface area contributed by atoms with Crippen molar-refractivity contribution in [3.05, 3.63) is 107 Å². The Labute approximate surface area is 168 Å². The number of hydrogen-bond donors (Lipinski definition) is 1. The third kappa shape index (κ3) is 3.47. The van der Waals surface area contributed by atoms with E-state index in [0.29, 0.717) is 12.5 Å². The lowest BCUT2D eigenvalue weighted by molar-refractivity contribution is 0.626. The lowest BCUT2D eigenvalue weighted by atomic mass is 9.78. The van der Waals surface area contributed by atoms with Crippen LogP contribution in [0.15, 0.2) is 79.3 Å². The Hall–Kier alpha value is -3.60. The molecule has 1 N–H and O–H groups in total. The highest BCUT2D eigenvalue weighted by molar-refractivity contribution is 5.72. The molecule has 2 aromatic carbocycles. The van der Waals surface area contributed by atoms with Gasteiger partial charge in [0.05, 0.1) is 5.69 Å². The maximum absolute atomic E-state index is 13.4. The number of hydrogen-bond acceptors (Lipinski definition) is 4. The van der Waals surface area contributed by atoms with E-state index in [1.54, 1.807) is 6.20 Å². The number of nitrogens with one attached hydrogen (secondary N) is 1. The van der Waals surface area contributed by atoms with Crippen LogP contribution in [0.1, 0.15) is 28.2 Å². The predicted molar refractivity (Wildman–Crippen MR) is 111 cm³/mol. The molecule has 1 aliphatic rings. The van der Waals surface area contributed by atoms with Crippen LogP contribution in [0.5, 0.6) is 0 Å². The minimum Gasteiger partial charge on any atom is -0.350 e. The quantitative estimate of drug-likeness (QED) is 0.541. The van der Waals surface area contributed by atoms with Gasteiger partial charge in [0.15, 0.2) is 0 Å². The van der Waals surface area contributed by atoms with Crippen LogP contribution in [-0.2, 0) is 13.0 Å². The van der Waals surface area contributed by atoms with Gasteiger partial charge in [-0.05, 0) is 46.9 Å². The second kappa shape index (κ2) is 7.43. The number of aromatic nitrogens is 3. The molecule has 0 radical (unpaired) electrons. The zero-order valence-corrected chi connectivity index (χ0v) is 15.7. The van der Waals surface area contributed by atoms with Crippen molar-refractivity contribution >= 4 is 5.95 Å². The SMILES string of the molecule is Fc1ccc(C2Cc3cnc(NCc4cccnc4)nc3-c3ccccc32)cc1. The van der Waals surface area contributed by atoms with E-state index < -0.39 is 0 Å². The van der Waals surface area contributed by atoms with E-state index in [2.05, 4.69) is 27.4 Å². The molecule has 0 saturated heterocycles. The van der Waals surface area contributed by atoms with Crippen molar-refractivity contribution < 1.29 is 4.39 Å². The summed E-state index contributed by atoms with van der Waals surface area (Å²) in [5, 5.41) is 3.29. The van der Waals surface area contributed by atoms with Gasteiger partial charge in [-0.1, -0.05) is 42.5 Å². The van der Waals surface area contributed by atoms with Crippen molar-refractivity contribution in [2.45, 2.75) is 18.9 Å². The maximum Gasteiger partial charge on any atom is 0.223 e. The lowest BCUT2D eigenvalue weighted by Crippen LogP contribution is -2.15. The highest BCUT2D eigenvalue weighted by Gasteiger charge is 2.27. The molecule has 29 heavy (non-hydrogen) atoms. The van der Waals surface area contributed by atoms with Crippen molar-refractivity contribution in [3.63, 3.8) is 0 Å². The van der Waals surface area contributed by atoms with Crippen LogP contribution in [0.3, 0.4) is 0 Å². The van der Waals surface area contributed by atoms with Crippen LogP contribution in [0, 0.1) is 5.82 Å². The van der Waals surface area contributed by atoms with Crippen LogP contribution < -0.4 is 5.32 Å². The number of pyridine rings is 1. The topological polar surface area (TPSA) is 50.7 Å². The average Bonchev–Trinajstić information content (AvgIpc) is 2.78.